The van der Waals surface area contributed by atoms with Gasteiger partial charge >= 0.3 is 5.97 Å². The Morgan fingerprint density at radius 3 is 2.58 bits per heavy atom. The molecule has 0 saturated carbocycles. The first-order chi connectivity index (χ1) is 11.6. The Hall–Kier alpha value is -2.14. The smallest absolute Gasteiger partial charge is 0.306 e. The van der Waals surface area contributed by atoms with Gasteiger partial charge in [-0.3, -0.25) is 9.59 Å². The van der Waals surface area contributed by atoms with Crippen molar-refractivity contribution in [1.82, 2.24) is 0 Å². The molecule has 1 aromatic heterocycles. The first-order valence-corrected chi connectivity index (χ1v) is 9.09. The van der Waals surface area contributed by atoms with Crippen LogP contribution in [0, 0.1) is 0 Å². The lowest BCUT2D eigenvalue weighted by Gasteiger charge is -2.10. The fraction of sp³-hybridized carbons (Fsp3) is 0.368. The summed E-state index contributed by atoms with van der Waals surface area (Å²) in [5.74, 6) is -0.183. The second-order valence-corrected chi connectivity index (χ2v) is 6.55. The van der Waals surface area contributed by atoms with Gasteiger partial charge in [-0.2, -0.15) is 11.3 Å². The zero-order valence-electron chi connectivity index (χ0n) is 14.1. The Bertz CT molecular complexity index is 650. The van der Waals surface area contributed by atoms with Crippen molar-refractivity contribution >= 4 is 28.9 Å². The molecule has 0 bridgehead atoms. The predicted octanol–water partition coefficient (Wildman–Crippen LogP) is 4.38. The summed E-state index contributed by atoms with van der Waals surface area (Å²) < 4.78 is 5.01. The molecule has 2 rings (SSSR count). The number of nitrogens with one attached hydrogen (secondary N) is 1. The van der Waals surface area contributed by atoms with Gasteiger partial charge in [0.05, 0.1) is 0 Å². The minimum absolute atomic E-state index is 0.254. The summed E-state index contributed by atoms with van der Waals surface area (Å²) >= 11 is 1.60. The van der Waals surface area contributed by atoms with Gasteiger partial charge in [-0.05, 0) is 58.8 Å². The van der Waals surface area contributed by atoms with E-state index >= 15 is 0 Å². The van der Waals surface area contributed by atoms with Crippen LogP contribution in [0.15, 0.2) is 41.1 Å². The molecule has 0 aliphatic carbocycles. The number of esters is 1. The average Bonchev–Trinajstić information content (AvgIpc) is 3.11. The van der Waals surface area contributed by atoms with Crippen LogP contribution >= 0.6 is 11.3 Å². The zero-order valence-corrected chi connectivity index (χ0v) is 14.9. The van der Waals surface area contributed by atoms with E-state index in [2.05, 4.69) is 19.2 Å². The van der Waals surface area contributed by atoms with Crippen molar-refractivity contribution in [3.05, 3.63) is 52.2 Å². The second kappa shape index (κ2) is 9.23. The lowest BCUT2D eigenvalue weighted by atomic mass is 9.99. The molecule has 0 unspecified atom stereocenters. The molecule has 1 heterocycles. The van der Waals surface area contributed by atoms with Crippen LogP contribution in [-0.4, -0.2) is 18.5 Å². The Morgan fingerprint density at radius 2 is 1.96 bits per heavy atom. The van der Waals surface area contributed by atoms with E-state index in [0.29, 0.717) is 18.0 Å². The number of benzene rings is 1. The number of rotatable bonds is 8. The number of amides is 1. The maximum atomic E-state index is 11.8. The molecule has 1 N–H and O–H groups in total. The molecule has 1 atom stereocenters. The standard InChI is InChI=1S/C19H23NO3S/c1-3-14(2)16-5-7-17(8-6-16)20-18(21)12-23-19(22)9-4-15-10-11-24-13-15/h5-8,10-11,13-14H,3-4,9,12H2,1-2H3,(H,20,21)/t14-/m0/s1. The van der Waals surface area contributed by atoms with Gasteiger partial charge in [0.2, 0.25) is 0 Å². The van der Waals surface area contributed by atoms with Crippen LogP contribution in [-0.2, 0) is 20.7 Å². The maximum absolute atomic E-state index is 11.8. The van der Waals surface area contributed by atoms with E-state index in [1.165, 1.54) is 5.56 Å². The maximum Gasteiger partial charge on any atom is 0.306 e. The number of carbonyl (C=O) groups excluding carboxylic acids is 2. The highest BCUT2D eigenvalue weighted by Gasteiger charge is 2.09. The molecule has 0 radical (unpaired) electrons. The molecule has 0 saturated heterocycles. The molecular formula is C19H23NO3S. The molecule has 2 aromatic rings. The van der Waals surface area contributed by atoms with E-state index in [0.717, 1.165) is 12.0 Å². The number of carbonyl (C=O) groups is 2. The van der Waals surface area contributed by atoms with Crippen LogP contribution in [0.3, 0.4) is 0 Å². The summed E-state index contributed by atoms with van der Waals surface area (Å²) in [6.07, 6.45) is 2.00. The van der Waals surface area contributed by atoms with Gasteiger partial charge in [0.15, 0.2) is 6.61 Å². The van der Waals surface area contributed by atoms with Crippen molar-refractivity contribution < 1.29 is 14.3 Å². The van der Waals surface area contributed by atoms with Gasteiger partial charge in [0.1, 0.15) is 0 Å². The van der Waals surface area contributed by atoms with Crippen LogP contribution in [0.1, 0.15) is 43.7 Å². The van der Waals surface area contributed by atoms with E-state index in [1.807, 2.05) is 41.1 Å². The largest absolute Gasteiger partial charge is 0.456 e. The fourth-order valence-electron chi connectivity index (χ4n) is 2.23. The number of thiophene rings is 1. The fourth-order valence-corrected chi connectivity index (χ4v) is 2.93. The van der Waals surface area contributed by atoms with Gasteiger partial charge < -0.3 is 10.1 Å². The highest BCUT2D eigenvalue weighted by atomic mass is 32.1. The number of hydrogen-bond acceptors (Lipinski definition) is 4. The number of hydrogen-bond donors (Lipinski definition) is 1. The zero-order chi connectivity index (χ0) is 17.4. The SMILES string of the molecule is CC[C@H](C)c1ccc(NC(=O)COC(=O)CCc2ccsc2)cc1. The van der Waals surface area contributed by atoms with E-state index in [4.69, 9.17) is 4.74 Å². The van der Waals surface area contributed by atoms with Gasteiger partial charge in [-0.15, -0.1) is 0 Å². The van der Waals surface area contributed by atoms with E-state index in [9.17, 15) is 9.59 Å². The third-order valence-corrected chi connectivity index (χ3v) is 4.67. The number of anilines is 1. The van der Waals surface area contributed by atoms with Crippen molar-refractivity contribution in [2.45, 2.75) is 39.0 Å². The number of aryl methyl sites for hydroxylation is 1. The van der Waals surface area contributed by atoms with Crippen LogP contribution in [0.25, 0.3) is 0 Å². The Labute approximate surface area is 146 Å². The van der Waals surface area contributed by atoms with Gasteiger partial charge in [0, 0.05) is 12.1 Å². The summed E-state index contributed by atoms with van der Waals surface area (Å²) in [6, 6.07) is 9.75. The number of ether oxygens (including phenoxy) is 1. The molecule has 0 spiro atoms. The Kier molecular flexibility index (Phi) is 7.00. The van der Waals surface area contributed by atoms with Gasteiger partial charge in [0.25, 0.3) is 5.91 Å². The van der Waals surface area contributed by atoms with Crippen LogP contribution in [0.2, 0.25) is 0 Å². The van der Waals surface area contributed by atoms with E-state index in [1.54, 1.807) is 11.3 Å². The third kappa shape index (κ3) is 5.81. The minimum Gasteiger partial charge on any atom is -0.456 e. The summed E-state index contributed by atoms with van der Waals surface area (Å²) in [5.41, 5.74) is 3.07. The van der Waals surface area contributed by atoms with Crippen molar-refractivity contribution in [1.29, 1.82) is 0 Å². The van der Waals surface area contributed by atoms with Crippen LogP contribution < -0.4 is 5.32 Å². The minimum atomic E-state index is -0.358. The Balaban J connectivity index is 1.71. The molecule has 24 heavy (non-hydrogen) atoms. The molecule has 4 nitrogen and oxygen atoms in total. The van der Waals surface area contributed by atoms with Crippen LogP contribution in [0.4, 0.5) is 5.69 Å². The topological polar surface area (TPSA) is 55.4 Å². The molecule has 5 heteroatoms. The van der Waals surface area contributed by atoms with Crippen LogP contribution in [0.5, 0.6) is 0 Å². The molecule has 128 valence electrons. The first-order valence-electron chi connectivity index (χ1n) is 8.15. The Morgan fingerprint density at radius 1 is 1.21 bits per heavy atom. The molecule has 0 aliphatic rings. The summed E-state index contributed by atoms with van der Waals surface area (Å²) in [4.78, 5) is 23.5. The third-order valence-electron chi connectivity index (χ3n) is 3.94. The van der Waals surface area contributed by atoms with Crippen molar-refractivity contribution in [3.63, 3.8) is 0 Å². The molecule has 1 aromatic carbocycles. The normalized spacial score (nSPS) is 11.8. The predicted molar refractivity (Wildman–Crippen MR) is 97.4 cm³/mol. The van der Waals surface area contributed by atoms with Crippen molar-refractivity contribution in [2.24, 2.45) is 0 Å². The quantitative estimate of drug-likeness (QED) is 0.723. The molecule has 0 aliphatic heterocycles. The lowest BCUT2D eigenvalue weighted by Crippen LogP contribution is -2.21. The average molecular weight is 345 g/mol. The van der Waals surface area contributed by atoms with E-state index < -0.39 is 0 Å². The summed E-state index contributed by atoms with van der Waals surface area (Å²) in [6.45, 7) is 4.06. The summed E-state index contributed by atoms with van der Waals surface area (Å²) in [7, 11) is 0. The molecule has 1 amide bonds. The highest BCUT2D eigenvalue weighted by Crippen LogP contribution is 2.20. The first kappa shape index (κ1) is 18.2. The van der Waals surface area contributed by atoms with Gasteiger partial charge in [-0.1, -0.05) is 26.0 Å². The highest BCUT2D eigenvalue weighted by molar-refractivity contribution is 7.07. The monoisotopic (exact) mass is 345 g/mol. The lowest BCUT2D eigenvalue weighted by molar-refractivity contribution is -0.147. The molecular weight excluding hydrogens is 322 g/mol. The summed E-state index contributed by atoms with van der Waals surface area (Å²) in [5, 5.41) is 6.71. The van der Waals surface area contributed by atoms with Crippen molar-refractivity contribution in [3.8, 4) is 0 Å². The second-order valence-electron chi connectivity index (χ2n) is 5.77. The van der Waals surface area contributed by atoms with Gasteiger partial charge in [-0.25, -0.2) is 0 Å². The van der Waals surface area contributed by atoms with E-state index in [-0.39, 0.29) is 24.9 Å². The molecule has 0 fully saturated rings. The van der Waals surface area contributed by atoms with Crippen molar-refractivity contribution in [2.75, 3.05) is 11.9 Å².